The molecule has 4 nitrogen and oxygen atoms in total. The Hall–Kier alpha value is -0.330. The number of hydrogen-bond donors (Lipinski definition) is 2. The minimum Gasteiger partial charge on any atom is -0.326 e. The number of benzene rings is 1. The molecular formula is C13H18Cl2N2O2S. The van der Waals surface area contributed by atoms with E-state index in [9.17, 15) is 8.42 Å². The maximum Gasteiger partial charge on any atom is 0.242 e. The van der Waals surface area contributed by atoms with Gasteiger partial charge in [-0.1, -0.05) is 30.1 Å². The second-order valence-corrected chi connectivity index (χ2v) is 7.81. The lowest BCUT2D eigenvalue weighted by Crippen LogP contribution is -2.30. The molecule has 0 heterocycles. The first kappa shape index (κ1) is 16.0. The van der Waals surface area contributed by atoms with Gasteiger partial charge in [0.2, 0.25) is 10.0 Å². The van der Waals surface area contributed by atoms with Gasteiger partial charge in [-0.3, -0.25) is 0 Å². The lowest BCUT2D eigenvalue weighted by molar-refractivity contribution is 0.475. The van der Waals surface area contributed by atoms with Crippen molar-refractivity contribution >= 4 is 33.2 Å². The summed E-state index contributed by atoms with van der Waals surface area (Å²) in [6.07, 6.45) is 3.08. The maximum atomic E-state index is 12.4. The molecule has 0 aliphatic heterocycles. The van der Waals surface area contributed by atoms with E-state index in [4.69, 9.17) is 28.9 Å². The molecule has 0 atom stereocenters. The average Bonchev–Trinajstić information content (AvgIpc) is 3.19. The molecule has 1 aliphatic rings. The van der Waals surface area contributed by atoms with Gasteiger partial charge in [0.05, 0.1) is 5.02 Å². The Bertz CT molecular complexity index is 613. The fourth-order valence-corrected chi connectivity index (χ4v) is 4.22. The third-order valence-corrected chi connectivity index (χ3v) is 6.14. The number of nitrogens with two attached hydrogens (primary N) is 1. The van der Waals surface area contributed by atoms with Crippen molar-refractivity contribution in [1.29, 1.82) is 0 Å². The summed E-state index contributed by atoms with van der Waals surface area (Å²) < 4.78 is 27.4. The SMILES string of the molecule is CCC1(CNS(=O)(=O)c2cc(Cl)cc(CN)c2Cl)CC1. The molecule has 1 saturated carbocycles. The van der Waals surface area contributed by atoms with Crippen LogP contribution in [-0.2, 0) is 16.6 Å². The normalized spacial score (nSPS) is 17.2. The zero-order valence-corrected chi connectivity index (χ0v) is 13.6. The number of rotatable bonds is 6. The highest BCUT2D eigenvalue weighted by Gasteiger charge is 2.41. The molecule has 7 heteroatoms. The summed E-state index contributed by atoms with van der Waals surface area (Å²) in [6, 6.07) is 2.94. The van der Waals surface area contributed by atoms with E-state index < -0.39 is 10.0 Å². The van der Waals surface area contributed by atoms with Crippen LogP contribution < -0.4 is 10.5 Å². The smallest absolute Gasteiger partial charge is 0.242 e. The first-order valence-corrected chi connectivity index (χ1v) is 8.75. The molecule has 3 N–H and O–H groups in total. The number of nitrogens with one attached hydrogen (secondary N) is 1. The molecule has 0 unspecified atom stereocenters. The maximum absolute atomic E-state index is 12.4. The molecule has 0 bridgehead atoms. The van der Waals surface area contributed by atoms with Crippen LogP contribution in [0.15, 0.2) is 17.0 Å². The highest BCUT2D eigenvalue weighted by Crippen LogP contribution is 2.48. The van der Waals surface area contributed by atoms with Gasteiger partial charge in [-0.05, 0) is 42.4 Å². The molecule has 112 valence electrons. The summed E-state index contributed by atoms with van der Waals surface area (Å²) in [7, 11) is -3.67. The molecule has 1 aromatic rings. The van der Waals surface area contributed by atoms with Gasteiger partial charge >= 0.3 is 0 Å². The summed E-state index contributed by atoms with van der Waals surface area (Å²) in [6.45, 7) is 2.65. The van der Waals surface area contributed by atoms with E-state index >= 15 is 0 Å². The van der Waals surface area contributed by atoms with E-state index in [1.54, 1.807) is 6.07 Å². The molecule has 1 aromatic carbocycles. The summed E-state index contributed by atoms with van der Waals surface area (Å²) in [4.78, 5) is -0.000908. The third kappa shape index (κ3) is 3.28. The number of halogens is 2. The minimum absolute atomic E-state index is 0.000908. The summed E-state index contributed by atoms with van der Waals surface area (Å²) in [5, 5.41) is 0.456. The molecule has 20 heavy (non-hydrogen) atoms. The van der Waals surface area contributed by atoms with Gasteiger partial charge in [-0.25, -0.2) is 13.1 Å². The van der Waals surface area contributed by atoms with Crippen molar-refractivity contribution in [1.82, 2.24) is 4.72 Å². The Morgan fingerprint density at radius 2 is 2.00 bits per heavy atom. The zero-order valence-electron chi connectivity index (χ0n) is 11.2. The first-order valence-electron chi connectivity index (χ1n) is 6.51. The topological polar surface area (TPSA) is 72.2 Å². The molecular weight excluding hydrogens is 319 g/mol. The predicted molar refractivity (Wildman–Crippen MR) is 81.5 cm³/mol. The second kappa shape index (κ2) is 5.81. The highest BCUT2D eigenvalue weighted by atomic mass is 35.5. The summed E-state index contributed by atoms with van der Waals surface area (Å²) >= 11 is 12.0. The minimum atomic E-state index is -3.67. The van der Waals surface area contributed by atoms with Crippen LogP contribution >= 0.6 is 23.2 Å². The largest absolute Gasteiger partial charge is 0.326 e. The van der Waals surface area contributed by atoms with Crippen LogP contribution in [0.25, 0.3) is 0 Å². The Morgan fingerprint density at radius 1 is 1.35 bits per heavy atom. The molecule has 1 fully saturated rings. The lowest BCUT2D eigenvalue weighted by Gasteiger charge is -2.15. The van der Waals surface area contributed by atoms with Gasteiger partial charge in [-0.2, -0.15) is 0 Å². The van der Waals surface area contributed by atoms with Crippen LogP contribution in [0.2, 0.25) is 10.0 Å². The van der Waals surface area contributed by atoms with E-state index in [0.717, 1.165) is 19.3 Å². The monoisotopic (exact) mass is 336 g/mol. The van der Waals surface area contributed by atoms with Crippen molar-refractivity contribution < 1.29 is 8.42 Å². The molecule has 0 radical (unpaired) electrons. The van der Waals surface area contributed by atoms with Gasteiger partial charge in [0.1, 0.15) is 4.90 Å². The van der Waals surface area contributed by atoms with Crippen molar-refractivity contribution in [2.75, 3.05) is 6.54 Å². The van der Waals surface area contributed by atoms with Crippen LogP contribution in [0, 0.1) is 5.41 Å². The van der Waals surface area contributed by atoms with Crippen molar-refractivity contribution in [2.24, 2.45) is 11.1 Å². The fourth-order valence-electron chi connectivity index (χ4n) is 2.12. The van der Waals surface area contributed by atoms with Crippen LogP contribution in [-0.4, -0.2) is 15.0 Å². The Morgan fingerprint density at radius 3 is 2.50 bits per heavy atom. The first-order chi connectivity index (χ1) is 9.33. The van der Waals surface area contributed by atoms with Crippen LogP contribution in [0.4, 0.5) is 0 Å². The number of hydrogen-bond acceptors (Lipinski definition) is 3. The lowest BCUT2D eigenvalue weighted by atomic mass is 10.1. The van der Waals surface area contributed by atoms with E-state index in [2.05, 4.69) is 11.6 Å². The van der Waals surface area contributed by atoms with Crippen molar-refractivity contribution in [3.05, 3.63) is 27.7 Å². The molecule has 0 spiro atoms. The van der Waals surface area contributed by atoms with Gasteiger partial charge in [0.15, 0.2) is 0 Å². The molecule has 1 aliphatic carbocycles. The number of sulfonamides is 1. The van der Waals surface area contributed by atoms with Gasteiger partial charge in [0.25, 0.3) is 0 Å². The Balaban J connectivity index is 2.27. The predicted octanol–water partition coefficient (Wildman–Crippen LogP) is 2.92. The summed E-state index contributed by atoms with van der Waals surface area (Å²) in [5.41, 5.74) is 6.19. The Labute approximate surface area is 129 Å². The molecule has 0 saturated heterocycles. The summed E-state index contributed by atoms with van der Waals surface area (Å²) in [5.74, 6) is 0. The van der Waals surface area contributed by atoms with E-state index in [0.29, 0.717) is 17.1 Å². The quantitative estimate of drug-likeness (QED) is 0.838. The van der Waals surface area contributed by atoms with Crippen molar-refractivity contribution in [3.8, 4) is 0 Å². The fraction of sp³-hybridized carbons (Fsp3) is 0.538. The van der Waals surface area contributed by atoms with E-state index in [1.165, 1.54) is 6.07 Å². The average molecular weight is 337 g/mol. The van der Waals surface area contributed by atoms with Crippen molar-refractivity contribution in [2.45, 2.75) is 37.6 Å². The highest BCUT2D eigenvalue weighted by molar-refractivity contribution is 7.89. The van der Waals surface area contributed by atoms with Gasteiger partial charge in [-0.15, -0.1) is 0 Å². The van der Waals surface area contributed by atoms with Crippen LogP contribution in [0.3, 0.4) is 0 Å². The molecule has 0 aromatic heterocycles. The van der Waals surface area contributed by atoms with E-state index in [-0.39, 0.29) is 21.9 Å². The standard InChI is InChI=1S/C13H18Cl2N2O2S/c1-2-13(3-4-13)8-17-20(18,19)11-6-10(14)5-9(7-16)12(11)15/h5-6,17H,2-4,7-8,16H2,1H3. The van der Waals surface area contributed by atoms with Gasteiger partial charge < -0.3 is 5.73 Å². The molecule has 2 rings (SSSR count). The van der Waals surface area contributed by atoms with Gasteiger partial charge in [0, 0.05) is 18.1 Å². The second-order valence-electron chi connectivity index (χ2n) is 5.26. The van der Waals surface area contributed by atoms with E-state index in [1.807, 2.05) is 0 Å². The third-order valence-electron chi connectivity index (χ3n) is 3.93. The van der Waals surface area contributed by atoms with Crippen molar-refractivity contribution in [3.63, 3.8) is 0 Å². The van der Waals surface area contributed by atoms with Crippen LogP contribution in [0.1, 0.15) is 31.7 Å². The zero-order chi connectivity index (χ0) is 15.0. The van der Waals surface area contributed by atoms with Crippen LogP contribution in [0.5, 0.6) is 0 Å². The molecule has 0 amide bonds. The Kier molecular flexibility index (Phi) is 4.66.